The number of hydrogen-bond acceptors (Lipinski definition) is 6. The number of benzene rings is 2. The largest absolute Gasteiger partial charge is 0.340 e. The van der Waals surface area contributed by atoms with Crippen LogP contribution in [0.1, 0.15) is 35.2 Å². The van der Waals surface area contributed by atoms with Gasteiger partial charge in [0, 0.05) is 44.2 Å². The van der Waals surface area contributed by atoms with Crippen molar-refractivity contribution in [3.8, 4) is 5.69 Å². The van der Waals surface area contributed by atoms with Crippen LogP contribution in [0.25, 0.3) is 5.69 Å². The first kappa shape index (κ1) is 26.9. The van der Waals surface area contributed by atoms with Crippen LogP contribution in [0, 0.1) is 5.82 Å². The van der Waals surface area contributed by atoms with E-state index in [-0.39, 0.29) is 17.9 Å². The average Bonchev–Trinajstić information content (AvgIpc) is 3.33. The summed E-state index contributed by atoms with van der Waals surface area (Å²) < 4.78 is 30.0. The van der Waals surface area contributed by atoms with Gasteiger partial charge in [0.05, 0.1) is 18.1 Å². The molecular weight excluding hydrogens is 504 g/mol. The smallest absolute Gasteiger partial charge is 0.251 e. The van der Waals surface area contributed by atoms with E-state index >= 15 is 4.39 Å². The Morgan fingerprint density at radius 1 is 1.08 bits per heavy atom. The number of alkyl halides is 1. The summed E-state index contributed by atoms with van der Waals surface area (Å²) in [7, 11) is 2.02. The van der Waals surface area contributed by atoms with Crippen molar-refractivity contribution in [2.45, 2.75) is 37.0 Å². The fourth-order valence-corrected chi connectivity index (χ4v) is 4.96. The van der Waals surface area contributed by atoms with Crippen LogP contribution in [0.3, 0.4) is 0 Å². The Kier molecular flexibility index (Phi) is 7.99. The van der Waals surface area contributed by atoms with Crippen molar-refractivity contribution >= 4 is 11.8 Å². The maximum atomic E-state index is 15.2. The molecule has 0 bridgehead atoms. The lowest BCUT2D eigenvalue weighted by Gasteiger charge is -2.34. The van der Waals surface area contributed by atoms with Gasteiger partial charge in [-0.15, -0.1) is 5.10 Å². The molecule has 11 heteroatoms. The highest BCUT2D eigenvalue weighted by molar-refractivity contribution is 5.97. The maximum absolute atomic E-state index is 15.2. The summed E-state index contributed by atoms with van der Waals surface area (Å²) in [5, 5.41) is 13.9. The molecule has 1 aliphatic heterocycles. The molecule has 0 spiro atoms. The maximum Gasteiger partial charge on any atom is 0.251 e. The van der Waals surface area contributed by atoms with Crippen molar-refractivity contribution in [3.05, 3.63) is 77.9 Å². The van der Waals surface area contributed by atoms with Crippen LogP contribution in [0.15, 0.2) is 60.9 Å². The molecular formula is C28H33F2N7O2. The number of amides is 2. The number of nitrogens with zero attached hydrogens (tertiary/aromatic N) is 5. The fourth-order valence-electron chi connectivity index (χ4n) is 4.96. The van der Waals surface area contributed by atoms with Crippen molar-refractivity contribution in [1.29, 1.82) is 0 Å². The molecule has 1 saturated heterocycles. The molecule has 9 nitrogen and oxygen atoms in total. The van der Waals surface area contributed by atoms with Crippen LogP contribution in [0.5, 0.6) is 0 Å². The van der Waals surface area contributed by atoms with Gasteiger partial charge in [0.15, 0.2) is 5.67 Å². The molecule has 5 rings (SSSR count). The number of rotatable bonds is 10. The second-order valence-electron chi connectivity index (χ2n) is 10.3. The lowest BCUT2D eigenvalue weighted by Crippen LogP contribution is -2.54. The first-order chi connectivity index (χ1) is 18.8. The lowest BCUT2D eigenvalue weighted by atomic mass is 10.1. The van der Waals surface area contributed by atoms with Gasteiger partial charge in [0.2, 0.25) is 5.91 Å². The van der Waals surface area contributed by atoms with Gasteiger partial charge in [-0.1, -0.05) is 17.3 Å². The van der Waals surface area contributed by atoms with Crippen molar-refractivity contribution in [2.24, 2.45) is 0 Å². The molecule has 2 heterocycles. The van der Waals surface area contributed by atoms with Crippen LogP contribution in [0.2, 0.25) is 0 Å². The van der Waals surface area contributed by atoms with Crippen molar-refractivity contribution in [3.63, 3.8) is 0 Å². The summed E-state index contributed by atoms with van der Waals surface area (Å²) in [6.07, 6.45) is 4.60. The molecule has 1 aliphatic carbocycles. The molecule has 2 aliphatic rings. The molecule has 2 amide bonds. The number of hydrogen-bond donors (Lipinski definition) is 2. The lowest BCUT2D eigenvalue weighted by molar-refractivity contribution is -0.135. The molecule has 0 radical (unpaired) electrons. The molecule has 2 aromatic carbocycles. The third-order valence-electron chi connectivity index (χ3n) is 7.51. The fraction of sp³-hybridized carbons (Fsp3) is 0.429. The van der Waals surface area contributed by atoms with E-state index in [1.54, 1.807) is 46.2 Å². The molecule has 3 atom stereocenters. The number of carbonyl (C=O) groups excluding carboxylic acids is 2. The van der Waals surface area contributed by atoms with Gasteiger partial charge in [-0.3, -0.25) is 9.59 Å². The second-order valence-corrected chi connectivity index (χ2v) is 10.3. The zero-order chi connectivity index (χ0) is 27.4. The number of aromatic nitrogens is 3. The van der Waals surface area contributed by atoms with Gasteiger partial charge in [-0.2, -0.15) is 0 Å². The highest BCUT2D eigenvalue weighted by Crippen LogP contribution is 2.49. The van der Waals surface area contributed by atoms with Crippen LogP contribution < -0.4 is 10.6 Å². The molecule has 206 valence electrons. The number of likely N-dealkylation sites (N-methyl/N-ethyl adjacent to an activating group) is 1. The van der Waals surface area contributed by atoms with Gasteiger partial charge < -0.3 is 20.4 Å². The van der Waals surface area contributed by atoms with Gasteiger partial charge >= 0.3 is 0 Å². The van der Waals surface area contributed by atoms with Crippen LogP contribution in [0.4, 0.5) is 8.78 Å². The Morgan fingerprint density at radius 2 is 1.79 bits per heavy atom. The number of carbonyl (C=O) groups is 2. The third-order valence-corrected chi connectivity index (χ3v) is 7.51. The average molecular weight is 538 g/mol. The van der Waals surface area contributed by atoms with Crippen molar-refractivity contribution < 1.29 is 18.4 Å². The minimum Gasteiger partial charge on any atom is -0.340 e. The minimum atomic E-state index is -1.50. The monoisotopic (exact) mass is 537 g/mol. The topological polar surface area (TPSA) is 95.4 Å². The van der Waals surface area contributed by atoms with Gasteiger partial charge in [0.1, 0.15) is 11.9 Å². The third kappa shape index (κ3) is 6.31. The zero-order valence-electron chi connectivity index (χ0n) is 21.9. The van der Waals surface area contributed by atoms with Crippen molar-refractivity contribution in [2.75, 3.05) is 39.8 Å². The second kappa shape index (κ2) is 11.6. The summed E-state index contributed by atoms with van der Waals surface area (Å²) >= 11 is 0. The summed E-state index contributed by atoms with van der Waals surface area (Å²) in [6, 6.07) is 11.4. The Hall–Kier alpha value is -3.70. The normalized spacial score (nSPS) is 21.9. The first-order valence-corrected chi connectivity index (χ1v) is 13.3. The van der Waals surface area contributed by atoms with Gasteiger partial charge in [-0.05, 0) is 68.4 Å². The molecule has 0 unspecified atom stereocenters. The molecule has 2 N–H and O–H groups in total. The number of nitrogens with one attached hydrogen (secondary N) is 2. The number of piperazine rings is 1. The Morgan fingerprint density at radius 3 is 2.46 bits per heavy atom. The zero-order valence-corrected chi connectivity index (χ0v) is 21.9. The first-order valence-electron chi connectivity index (χ1n) is 13.3. The minimum absolute atomic E-state index is 0.103. The van der Waals surface area contributed by atoms with E-state index in [0.717, 1.165) is 18.8 Å². The van der Waals surface area contributed by atoms with Gasteiger partial charge in [0.25, 0.3) is 5.91 Å². The quantitative estimate of drug-likeness (QED) is 0.386. The molecule has 2 fully saturated rings. The van der Waals surface area contributed by atoms with E-state index in [1.165, 1.54) is 24.3 Å². The molecule has 3 aromatic rings. The summed E-state index contributed by atoms with van der Waals surface area (Å²) in [5.41, 5.74) is 0.166. The van der Waals surface area contributed by atoms with E-state index in [1.807, 2.05) is 7.05 Å². The van der Waals surface area contributed by atoms with E-state index in [0.29, 0.717) is 50.0 Å². The van der Waals surface area contributed by atoms with E-state index in [4.69, 9.17) is 0 Å². The standard InChI is InChI=1S/C28H33F2N7O2/c1-35-15-17-36(18-16-35)27(39)24(33-26(38)20-4-10-23(11-5-20)37-14-13-32-34-37)3-2-12-31-25-19-28(25,30)21-6-8-22(29)9-7-21/h4-11,13-14,24-25,31H,2-3,12,15-19H2,1H3,(H,33,38)/t24-,25-,28-/m0/s1. The Bertz CT molecular complexity index is 1260. The SMILES string of the molecule is CN1CCN(C(=O)[C@H](CCCN[C@H]2C[C@]2(F)c2ccc(F)cc2)NC(=O)c2ccc(-n3ccnn3)cc2)CC1. The van der Waals surface area contributed by atoms with Crippen LogP contribution in [-0.4, -0.2) is 88.5 Å². The predicted molar refractivity (Wildman–Crippen MR) is 142 cm³/mol. The summed E-state index contributed by atoms with van der Waals surface area (Å²) in [6.45, 7) is 3.27. The van der Waals surface area contributed by atoms with Crippen LogP contribution in [-0.2, 0) is 10.5 Å². The van der Waals surface area contributed by atoms with Crippen LogP contribution >= 0.6 is 0 Å². The van der Waals surface area contributed by atoms with Crippen molar-refractivity contribution in [1.82, 2.24) is 35.4 Å². The highest BCUT2D eigenvalue weighted by Gasteiger charge is 2.56. The summed E-state index contributed by atoms with van der Waals surface area (Å²) in [4.78, 5) is 30.5. The summed E-state index contributed by atoms with van der Waals surface area (Å²) in [5.74, 6) is -0.827. The highest BCUT2D eigenvalue weighted by atomic mass is 19.1. The molecule has 39 heavy (non-hydrogen) atoms. The van der Waals surface area contributed by atoms with E-state index < -0.39 is 17.5 Å². The van der Waals surface area contributed by atoms with Gasteiger partial charge in [-0.25, -0.2) is 13.5 Å². The van der Waals surface area contributed by atoms with E-state index in [2.05, 4.69) is 25.8 Å². The molecule has 1 saturated carbocycles. The Balaban J connectivity index is 1.18. The Labute approximate surface area is 226 Å². The molecule has 1 aromatic heterocycles. The number of halogens is 2. The predicted octanol–water partition coefficient (Wildman–Crippen LogP) is 2.29. The van der Waals surface area contributed by atoms with E-state index in [9.17, 15) is 14.0 Å².